The summed E-state index contributed by atoms with van der Waals surface area (Å²) in [5.41, 5.74) is 0. The van der Waals surface area contributed by atoms with Gasteiger partial charge in [0.25, 0.3) is 0 Å². The van der Waals surface area contributed by atoms with Crippen molar-refractivity contribution in [1.82, 2.24) is 5.32 Å². The Kier molecular flexibility index (Phi) is 4.63. The normalized spacial score (nSPS) is 40.2. The zero-order valence-corrected chi connectivity index (χ0v) is 8.91. The first-order chi connectivity index (χ1) is 7.47. The number of rotatable bonds is 2. The third kappa shape index (κ3) is 2.89. The van der Waals surface area contributed by atoms with E-state index in [0.29, 0.717) is 0 Å². The van der Waals surface area contributed by atoms with Gasteiger partial charge in [-0.05, 0) is 0 Å². The van der Waals surface area contributed by atoms with Gasteiger partial charge < -0.3 is 30.5 Å². The highest BCUT2D eigenvalue weighted by molar-refractivity contribution is 5.73. The molecule has 1 aliphatic heterocycles. The molecule has 16 heavy (non-hydrogen) atoms. The molecule has 1 aliphatic rings. The van der Waals surface area contributed by atoms with Crippen LogP contribution in [0.1, 0.15) is 6.92 Å². The number of nitrogens with one attached hydrogen (secondary N) is 1. The first-order valence-corrected chi connectivity index (χ1v) is 5.01. The molecular formula is C9H17NO6. The van der Waals surface area contributed by atoms with Crippen LogP contribution in [0.15, 0.2) is 0 Å². The molecule has 7 heteroatoms. The molecule has 5 N–H and O–H groups in total. The summed E-state index contributed by atoms with van der Waals surface area (Å²) in [6.07, 6.45) is -4.07. The minimum atomic E-state index is -1.41. The van der Waals surface area contributed by atoms with Crippen LogP contribution in [0, 0.1) is 5.92 Å². The third-order valence-corrected chi connectivity index (χ3v) is 2.59. The van der Waals surface area contributed by atoms with Crippen LogP contribution in [0.5, 0.6) is 0 Å². The van der Waals surface area contributed by atoms with E-state index in [2.05, 4.69) is 5.32 Å². The fourth-order valence-electron chi connectivity index (χ4n) is 1.64. The van der Waals surface area contributed by atoms with Gasteiger partial charge in [-0.3, -0.25) is 4.79 Å². The zero-order chi connectivity index (χ0) is 12.3. The summed E-state index contributed by atoms with van der Waals surface area (Å²) >= 11 is 0. The Morgan fingerprint density at radius 2 is 2.00 bits per heavy atom. The van der Waals surface area contributed by atoms with E-state index in [0.717, 1.165) is 0 Å². The van der Waals surface area contributed by atoms with Gasteiger partial charge in [-0.2, -0.15) is 0 Å². The van der Waals surface area contributed by atoms with Crippen molar-refractivity contribution in [2.24, 2.45) is 5.92 Å². The summed E-state index contributed by atoms with van der Waals surface area (Å²) in [4.78, 5) is 10.9. The Balaban J connectivity index is 2.78. The first-order valence-electron chi connectivity index (χ1n) is 5.01. The van der Waals surface area contributed by atoms with Crippen LogP contribution in [-0.2, 0) is 9.53 Å². The molecule has 1 fully saturated rings. The van der Waals surface area contributed by atoms with Crippen molar-refractivity contribution in [1.29, 1.82) is 0 Å². The Morgan fingerprint density at radius 1 is 1.38 bits per heavy atom. The molecule has 0 aromatic carbocycles. The molecule has 0 radical (unpaired) electrons. The smallest absolute Gasteiger partial charge is 0.217 e. The van der Waals surface area contributed by atoms with Crippen LogP contribution >= 0.6 is 0 Å². The fraction of sp³-hybridized carbons (Fsp3) is 0.889. The molecule has 94 valence electrons. The van der Waals surface area contributed by atoms with Crippen molar-refractivity contribution in [2.75, 3.05) is 13.2 Å². The van der Waals surface area contributed by atoms with Crippen LogP contribution in [0.2, 0.25) is 0 Å². The summed E-state index contributed by atoms with van der Waals surface area (Å²) in [7, 11) is 0. The maximum absolute atomic E-state index is 10.9. The van der Waals surface area contributed by atoms with Crippen LogP contribution in [0.3, 0.4) is 0 Å². The summed E-state index contributed by atoms with van der Waals surface area (Å²) in [6.45, 7) is 0.754. The van der Waals surface area contributed by atoms with E-state index in [-0.39, 0.29) is 13.2 Å². The lowest BCUT2D eigenvalue weighted by atomic mass is 9.96. The van der Waals surface area contributed by atoms with Gasteiger partial charge >= 0.3 is 0 Å². The van der Waals surface area contributed by atoms with Gasteiger partial charge in [0, 0.05) is 12.8 Å². The number of aliphatic hydroxyl groups is 4. The Labute approximate surface area is 92.7 Å². The van der Waals surface area contributed by atoms with E-state index in [9.17, 15) is 20.1 Å². The zero-order valence-electron chi connectivity index (χ0n) is 8.91. The molecular weight excluding hydrogens is 218 g/mol. The predicted octanol–water partition coefficient (Wildman–Crippen LogP) is -2.83. The van der Waals surface area contributed by atoms with Crippen molar-refractivity contribution in [3.8, 4) is 0 Å². The second kappa shape index (κ2) is 5.55. The van der Waals surface area contributed by atoms with Crippen molar-refractivity contribution >= 4 is 5.91 Å². The van der Waals surface area contributed by atoms with E-state index in [4.69, 9.17) is 9.84 Å². The van der Waals surface area contributed by atoms with Gasteiger partial charge in [-0.1, -0.05) is 0 Å². The van der Waals surface area contributed by atoms with Crippen molar-refractivity contribution in [2.45, 2.75) is 31.5 Å². The lowest BCUT2D eigenvalue weighted by molar-refractivity contribution is -0.142. The Bertz CT molecular complexity index is 248. The lowest BCUT2D eigenvalue weighted by Gasteiger charge is -2.27. The summed E-state index contributed by atoms with van der Waals surface area (Å²) in [6, 6.07) is -1.11. The molecule has 0 aliphatic carbocycles. The van der Waals surface area contributed by atoms with Crippen LogP contribution < -0.4 is 5.32 Å². The molecule has 1 amide bonds. The highest BCUT2D eigenvalue weighted by Gasteiger charge is 2.40. The van der Waals surface area contributed by atoms with E-state index >= 15 is 0 Å². The highest BCUT2D eigenvalue weighted by Crippen LogP contribution is 2.19. The van der Waals surface area contributed by atoms with Crippen molar-refractivity contribution in [3.05, 3.63) is 0 Å². The van der Waals surface area contributed by atoms with Crippen molar-refractivity contribution < 1.29 is 30.0 Å². The number of carbonyl (C=O) groups excluding carboxylic acids is 1. The first kappa shape index (κ1) is 13.3. The van der Waals surface area contributed by atoms with Gasteiger partial charge in [0.05, 0.1) is 19.3 Å². The van der Waals surface area contributed by atoms with E-state index in [1.54, 1.807) is 0 Å². The van der Waals surface area contributed by atoms with E-state index < -0.39 is 36.4 Å². The number of aliphatic hydroxyl groups excluding tert-OH is 4. The van der Waals surface area contributed by atoms with Gasteiger partial charge in [-0.25, -0.2) is 0 Å². The molecule has 5 atom stereocenters. The third-order valence-electron chi connectivity index (χ3n) is 2.59. The second-order valence-electron chi connectivity index (χ2n) is 3.87. The summed E-state index contributed by atoms with van der Waals surface area (Å²) in [5, 5.41) is 40.1. The fourth-order valence-corrected chi connectivity index (χ4v) is 1.64. The summed E-state index contributed by atoms with van der Waals surface area (Å²) < 4.78 is 4.92. The number of hydrogen-bond acceptors (Lipinski definition) is 6. The molecule has 0 aromatic rings. The second-order valence-corrected chi connectivity index (χ2v) is 3.87. The molecule has 1 heterocycles. The van der Waals surface area contributed by atoms with Crippen molar-refractivity contribution in [3.63, 3.8) is 0 Å². The number of ether oxygens (including phenoxy) is 1. The molecule has 1 rings (SSSR count). The maximum Gasteiger partial charge on any atom is 0.217 e. The molecule has 0 bridgehead atoms. The number of carbonyl (C=O) groups is 1. The number of hydrogen-bond donors (Lipinski definition) is 5. The molecule has 0 spiro atoms. The molecule has 0 saturated carbocycles. The van der Waals surface area contributed by atoms with Gasteiger partial charge in [0.15, 0.2) is 6.29 Å². The lowest BCUT2D eigenvalue weighted by Crippen LogP contribution is -2.54. The minimum Gasteiger partial charge on any atom is -0.396 e. The average molecular weight is 235 g/mol. The highest BCUT2D eigenvalue weighted by atomic mass is 16.6. The topological polar surface area (TPSA) is 119 Å². The van der Waals surface area contributed by atoms with E-state index in [1.165, 1.54) is 6.92 Å². The van der Waals surface area contributed by atoms with Gasteiger partial charge in [0.1, 0.15) is 12.1 Å². The largest absolute Gasteiger partial charge is 0.396 e. The molecule has 1 saturated heterocycles. The van der Waals surface area contributed by atoms with Gasteiger partial charge in [0.2, 0.25) is 5.91 Å². The van der Waals surface area contributed by atoms with Gasteiger partial charge in [-0.15, -0.1) is 0 Å². The van der Waals surface area contributed by atoms with Crippen LogP contribution in [0.25, 0.3) is 0 Å². The Morgan fingerprint density at radius 3 is 2.50 bits per heavy atom. The van der Waals surface area contributed by atoms with Crippen LogP contribution in [0.4, 0.5) is 0 Å². The molecule has 0 aromatic heterocycles. The quantitative estimate of drug-likeness (QED) is 0.352. The minimum absolute atomic E-state index is 0.0913. The maximum atomic E-state index is 10.9. The number of amides is 1. The summed E-state index contributed by atoms with van der Waals surface area (Å²) in [5.74, 6) is -1.15. The average Bonchev–Trinajstić information content (AvgIpc) is 2.32. The van der Waals surface area contributed by atoms with E-state index in [1.807, 2.05) is 0 Å². The molecule has 5 unspecified atom stereocenters. The Hall–Kier alpha value is -0.730. The predicted molar refractivity (Wildman–Crippen MR) is 52.2 cm³/mol. The monoisotopic (exact) mass is 235 g/mol. The SMILES string of the molecule is CC(=O)NC1C(O)OCC(CO)C(O)C1O. The standard InChI is InChI=1S/C9H17NO6/c1-4(12)10-6-8(14)7(13)5(2-11)3-16-9(6)15/h5-9,11,13-15H,2-3H2,1H3,(H,10,12). The molecule has 7 nitrogen and oxygen atoms in total. The van der Waals surface area contributed by atoms with Crippen LogP contribution in [-0.4, -0.2) is 64.1 Å².